The lowest BCUT2D eigenvalue weighted by Gasteiger charge is -2.16. The highest BCUT2D eigenvalue weighted by molar-refractivity contribution is 5.92. The lowest BCUT2D eigenvalue weighted by atomic mass is 10.2. The fraction of sp³-hybridized carbons (Fsp3) is 0.444. The SMILES string of the molecule is Cc1cc(C)n(Cn2ccc(C(=O)N(C)Cc3c(C)nn(C)c3C)n2)n1. The Balaban J connectivity index is 1.72. The first-order valence-electron chi connectivity index (χ1n) is 8.55. The third kappa shape index (κ3) is 3.40. The minimum atomic E-state index is -0.111. The molecule has 8 heteroatoms. The van der Waals surface area contributed by atoms with Crippen LogP contribution in [-0.2, 0) is 20.3 Å². The molecule has 0 N–H and O–H groups in total. The number of carbonyl (C=O) groups is 1. The Morgan fingerprint density at radius 3 is 2.46 bits per heavy atom. The summed E-state index contributed by atoms with van der Waals surface area (Å²) >= 11 is 0. The number of rotatable bonds is 5. The van der Waals surface area contributed by atoms with E-state index < -0.39 is 0 Å². The molecule has 0 aliphatic heterocycles. The van der Waals surface area contributed by atoms with Gasteiger partial charge in [0.25, 0.3) is 5.91 Å². The number of hydrogen-bond acceptors (Lipinski definition) is 4. The Morgan fingerprint density at radius 2 is 1.88 bits per heavy atom. The summed E-state index contributed by atoms with van der Waals surface area (Å²) in [5.74, 6) is -0.111. The molecule has 1 amide bonds. The van der Waals surface area contributed by atoms with Gasteiger partial charge in [0.1, 0.15) is 12.4 Å². The van der Waals surface area contributed by atoms with Gasteiger partial charge in [-0.15, -0.1) is 0 Å². The van der Waals surface area contributed by atoms with Crippen molar-refractivity contribution < 1.29 is 4.79 Å². The van der Waals surface area contributed by atoms with Crippen LogP contribution in [0.1, 0.15) is 38.8 Å². The maximum atomic E-state index is 12.7. The zero-order valence-electron chi connectivity index (χ0n) is 16.2. The van der Waals surface area contributed by atoms with Crippen molar-refractivity contribution in [3.05, 3.63) is 52.4 Å². The highest BCUT2D eigenvalue weighted by Gasteiger charge is 2.18. The van der Waals surface area contributed by atoms with Crippen LogP contribution in [0.15, 0.2) is 18.3 Å². The highest BCUT2D eigenvalue weighted by Crippen LogP contribution is 2.15. The van der Waals surface area contributed by atoms with Gasteiger partial charge in [-0.2, -0.15) is 15.3 Å². The molecule has 3 aromatic heterocycles. The smallest absolute Gasteiger partial charge is 0.274 e. The van der Waals surface area contributed by atoms with Gasteiger partial charge in [-0.3, -0.25) is 14.2 Å². The van der Waals surface area contributed by atoms with Crippen LogP contribution < -0.4 is 0 Å². The molecule has 3 aromatic rings. The minimum absolute atomic E-state index is 0.111. The molecule has 3 rings (SSSR count). The van der Waals surface area contributed by atoms with Crippen molar-refractivity contribution in [1.82, 2.24) is 34.2 Å². The van der Waals surface area contributed by atoms with E-state index in [0.29, 0.717) is 18.9 Å². The minimum Gasteiger partial charge on any atom is -0.336 e. The van der Waals surface area contributed by atoms with E-state index in [1.807, 2.05) is 50.2 Å². The normalized spacial score (nSPS) is 11.2. The molecule has 0 bridgehead atoms. The van der Waals surface area contributed by atoms with Crippen LogP contribution in [0.3, 0.4) is 0 Å². The van der Waals surface area contributed by atoms with Crippen LogP contribution >= 0.6 is 0 Å². The Labute approximate surface area is 153 Å². The van der Waals surface area contributed by atoms with Crippen molar-refractivity contribution in [2.24, 2.45) is 7.05 Å². The summed E-state index contributed by atoms with van der Waals surface area (Å²) in [7, 11) is 3.70. The summed E-state index contributed by atoms with van der Waals surface area (Å²) in [5, 5.41) is 13.2. The third-order valence-corrected chi connectivity index (χ3v) is 4.64. The molecular formula is C18H25N7O. The summed E-state index contributed by atoms with van der Waals surface area (Å²) in [6.07, 6.45) is 1.80. The fourth-order valence-corrected chi connectivity index (χ4v) is 3.06. The van der Waals surface area contributed by atoms with Crippen LogP contribution in [0.4, 0.5) is 0 Å². The van der Waals surface area contributed by atoms with E-state index in [4.69, 9.17) is 0 Å². The molecule has 0 aliphatic rings. The summed E-state index contributed by atoms with van der Waals surface area (Å²) < 4.78 is 5.43. The van der Waals surface area contributed by atoms with Crippen molar-refractivity contribution >= 4 is 5.91 Å². The van der Waals surface area contributed by atoms with Gasteiger partial charge >= 0.3 is 0 Å². The molecule has 0 fully saturated rings. The average molecular weight is 355 g/mol. The number of amides is 1. The van der Waals surface area contributed by atoms with E-state index >= 15 is 0 Å². The molecule has 0 atom stereocenters. The molecule has 3 heterocycles. The molecule has 0 spiro atoms. The van der Waals surface area contributed by atoms with Crippen molar-refractivity contribution in [2.45, 2.75) is 40.9 Å². The Bertz CT molecular complexity index is 947. The Kier molecular flexibility index (Phi) is 4.67. The largest absolute Gasteiger partial charge is 0.336 e. The monoisotopic (exact) mass is 355 g/mol. The second-order valence-electron chi connectivity index (χ2n) is 6.74. The summed E-state index contributed by atoms with van der Waals surface area (Å²) in [6, 6.07) is 3.76. The maximum Gasteiger partial charge on any atom is 0.274 e. The van der Waals surface area contributed by atoms with Gasteiger partial charge < -0.3 is 4.90 Å². The Morgan fingerprint density at radius 1 is 1.15 bits per heavy atom. The first kappa shape index (κ1) is 17.9. The quantitative estimate of drug-likeness (QED) is 0.700. The predicted molar refractivity (Wildman–Crippen MR) is 97.8 cm³/mol. The van der Waals surface area contributed by atoms with E-state index in [1.165, 1.54) is 0 Å². The first-order chi connectivity index (χ1) is 12.3. The molecule has 0 saturated carbocycles. The summed E-state index contributed by atoms with van der Waals surface area (Å²) in [4.78, 5) is 14.4. The zero-order valence-corrected chi connectivity index (χ0v) is 16.2. The van der Waals surface area contributed by atoms with Crippen molar-refractivity contribution in [2.75, 3.05) is 7.05 Å². The van der Waals surface area contributed by atoms with Crippen molar-refractivity contribution in [3.8, 4) is 0 Å². The van der Waals surface area contributed by atoms with E-state index in [0.717, 1.165) is 28.3 Å². The third-order valence-electron chi connectivity index (χ3n) is 4.64. The molecule has 0 aliphatic carbocycles. The standard InChI is InChI=1S/C18H25N7O/c1-12-9-13(2)25(19-12)11-24-8-7-17(21-24)18(26)22(5)10-16-14(3)20-23(6)15(16)4/h7-9H,10-11H2,1-6H3. The number of hydrogen-bond donors (Lipinski definition) is 0. The highest BCUT2D eigenvalue weighted by atomic mass is 16.2. The van der Waals surface area contributed by atoms with Gasteiger partial charge in [-0.05, 0) is 39.8 Å². The number of aromatic nitrogens is 6. The second-order valence-corrected chi connectivity index (χ2v) is 6.74. The van der Waals surface area contributed by atoms with Gasteiger partial charge in [0, 0.05) is 43.8 Å². The molecule has 0 aromatic carbocycles. The second kappa shape index (κ2) is 6.78. The zero-order chi connectivity index (χ0) is 19.0. The number of carbonyl (C=O) groups excluding carboxylic acids is 1. The maximum absolute atomic E-state index is 12.7. The fourth-order valence-electron chi connectivity index (χ4n) is 3.06. The van der Waals surface area contributed by atoms with Crippen LogP contribution in [0.5, 0.6) is 0 Å². The lowest BCUT2D eigenvalue weighted by Crippen LogP contribution is -2.27. The number of nitrogens with zero attached hydrogens (tertiary/aromatic N) is 7. The van der Waals surface area contributed by atoms with E-state index in [1.54, 1.807) is 28.9 Å². The summed E-state index contributed by atoms with van der Waals surface area (Å²) in [6.45, 7) is 8.92. The first-order valence-corrected chi connectivity index (χ1v) is 8.55. The van der Waals surface area contributed by atoms with Gasteiger partial charge in [-0.25, -0.2) is 4.68 Å². The molecule has 26 heavy (non-hydrogen) atoms. The van der Waals surface area contributed by atoms with Gasteiger partial charge in [0.15, 0.2) is 0 Å². The molecule has 0 unspecified atom stereocenters. The van der Waals surface area contributed by atoms with Crippen molar-refractivity contribution in [3.63, 3.8) is 0 Å². The molecule has 138 valence electrons. The Hall–Kier alpha value is -2.90. The van der Waals surface area contributed by atoms with Gasteiger partial charge in [-0.1, -0.05) is 0 Å². The van der Waals surface area contributed by atoms with Crippen LogP contribution in [0.2, 0.25) is 0 Å². The molecule has 8 nitrogen and oxygen atoms in total. The van der Waals surface area contributed by atoms with Crippen LogP contribution in [0.25, 0.3) is 0 Å². The van der Waals surface area contributed by atoms with Crippen molar-refractivity contribution in [1.29, 1.82) is 0 Å². The molecule has 0 radical (unpaired) electrons. The van der Waals surface area contributed by atoms with Gasteiger partial charge in [0.2, 0.25) is 0 Å². The predicted octanol–water partition coefficient (Wildman–Crippen LogP) is 1.82. The average Bonchev–Trinajstić information content (AvgIpc) is 3.23. The topological polar surface area (TPSA) is 73.8 Å². The molecule has 0 saturated heterocycles. The van der Waals surface area contributed by atoms with Crippen LogP contribution in [-0.4, -0.2) is 47.2 Å². The summed E-state index contributed by atoms with van der Waals surface area (Å²) in [5.41, 5.74) is 5.54. The lowest BCUT2D eigenvalue weighted by molar-refractivity contribution is 0.0777. The van der Waals surface area contributed by atoms with Gasteiger partial charge in [0.05, 0.1) is 11.4 Å². The van der Waals surface area contributed by atoms with Crippen LogP contribution in [0, 0.1) is 27.7 Å². The van der Waals surface area contributed by atoms with E-state index in [-0.39, 0.29) is 5.91 Å². The number of aryl methyl sites for hydroxylation is 4. The van der Waals surface area contributed by atoms with E-state index in [9.17, 15) is 4.79 Å². The van der Waals surface area contributed by atoms with E-state index in [2.05, 4.69) is 15.3 Å². The molecular weight excluding hydrogens is 330 g/mol.